The molecule has 0 saturated carbocycles. The van der Waals surface area contributed by atoms with Crippen LogP contribution in [0.5, 0.6) is 11.5 Å². The molecule has 4 fully saturated rings. The van der Waals surface area contributed by atoms with E-state index in [2.05, 4.69) is 45.9 Å². The number of esters is 1. The van der Waals surface area contributed by atoms with E-state index >= 15 is 9.13 Å². The molecular weight excluding hydrogens is 1680 g/mol. The van der Waals surface area contributed by atoms with Gasteiger partial charge in [0.2, 0.25) is 11.9 Å². The maximum Gasteiger partial charge on any atom is 0.351 e. The Morgan fingerprint density at radius 3 is 1.35 bits per heavy atom. The number of nitrogens with zero attached hydrogens (tertiary/aromatic N) is 8. The maximum absolute atomic E-state index is 15.4. The molecule has 0 bridgehead atoms. The first kappa shape index (κ1) is 88.9. The van der Waals surface area contributed by atoms with Crippen LogP contribution in [0.3, 0.4) is 0 Å². The summed E-state index contributed by atoms with van der Waals surface area (Å²) >= 11 is 0. The van der Waals surface area contributed by atoms with Crippen LogP contribution in [-0.2, 0) is 84.4 Å². The minimum absolute atomic E-state index is 0.00798. The molecular formula is C82H90N13O26P3. The lowest BCUT2D eigenvalue weighted by molar-refractivity contribution is -0.150. The van der Waals surface area contributed by atoms with Gasteiger partial charge in [0, 0.05) is 93.8 Å². The fraction of sp³-hybridized carbons (Fsp3) is 0.378. The van der Waals surface area contributed by atoms with Crippen LogP contribution >= 0.6 is 22.8 Å². The lowest BCUT2D eigenvalue weighted by Gasteiger charge is -2.37. The van der Waals surface area contributed by atoms with Crippen molar-refractivity contribution in [2.45, 2.75) is 133 Å². The highest BCUT2D eigenvalue weighted by Crippen LogP contribution is 2.55. The first-order chi connectivity index (χ1) is 59.3. The Balaban J connectivity index is 0.723. The van der Waals surface area contributed by atoms with Gasteiger partial charge in [0.05, 0.1) is 65.3 Å². The lowest BCUT2D eigenvalue weighted by atomic mass is 9.80. The third kappa shape index (κ3) is 20.8. The molecule has 42 heteroatoms. The number of carbonyl (C=O) groups excluding carboxylic acids is 4. The number of aromatic nitrogens is 10. The van der Waals surface area contributed by atoms with E-state index in [1.807, 2.05) is 54.6 Å². The Morgan fingerprint density at radius 1 is 0.508 bits per heavy atom. The normalized spacial score (nSPS) is 22.8. The molecule has 0 radical (unpaired) electrons. The van der Waals surface area contributed by atoms with E-state index in [0.717, 1.165) is 22.5 Å². The van der Waals surface area contributed by atoms with Crippen LogP contribution in [-0.4, -0.2) is 181 Å². The second-order valence-electron chi connectivity index (χ2n) is 30.1. The summed E-state index contributed by atoms with van der Waals surface area (Å²) in [6.45, 7) is 7.09. The standard InChI is InChI=1S/C82H90N13O26P3/c1-47(2)73(97)89-78-88-72-71(77(101)90-78)83-46-95(72)70-37-57(114-49(4)96)62(116-70)43-111-122(7,105)121-60-40-69(94-41-48(3)74(98)91-81(94)104)118-64(60)45-113-124(9,107)120-59-39-68(93-36-34-66(87-80(93)103)85-76(100)51-21-15-11-16-22-51)117-63(59)44-112-123(8,106)119-58-38-67(92-35-33-65(86-79(92)102)84-75(99)50-19-13-10-14-20-50)115-61(58)42-110-82(52-23-17-12-18-24-52,53-25-29-55(108-5)30-26-53)54-27-31-56(109-6)32-28-54/h10-36,41,46-47,57-64,67-70H,37-40,42-45H2,1-9H3,(H,91,98,104)(H,84,86,99,102)(H,85,87,100,103)(H2,88,89,90,97,101)/t57-,58-,59-,60-,61+,62+,63+,64+,67+,68+,69+,70+,122-,123-,124-/m0/s1. The number of amides is 3. The van der Waals surface area contributed by atoms with Gasteiger partial charge in [-0.05, 0) is 84.3 Å². The van der Waals surface area contributed by atoms with E-state index in [-0.39, 0.29) is 72.2 Å². The summed E-state index contributed by atoms with van der Waals surface area (Å²) in [6, 6.07) is 43.1. The highest BCUT2D eigenvalue weighted by atomic mass is 31.2. The van der Waals surface area contributed by atoms with Gasteiger partial charge in [0.25, 0.3) is 22.9 Å². The van der Waals surface area contributed by atoms with Crippen LogP contribution in [0.1, 0.15) is 114 Å². The highest BCUT2D eigenvalue weighted by Gasteiger charge is 2.49. The van der Waals surface area contributed by atoms with Crippen LogP contribution in [0, 0.1) is 12.8 Å². The van der Waals surface area contributed by atoms with Crippen molar-refractivity contribution in [2.75, 3.05) is 76.6 Å². The average Bonchev–Trinajstić information content (AvgIpc) is 0.786. The Morgan fingerprint density at radius 2 is 0.919 bits per heavy atom. The third-order valence-electron chi connectivity index (χ3n) is 20.9. The first-order valence-electron chi connectivity index (χ1n) is 39.3. The summed E-state index contributed by atoms with van der Waals surface area (Å²) in [7, 11) is -10.3. The number of aromatic amines is 2. The van der Waals surface area contributed by atoms with Crippen molar-refractivity contribution in [3.63, 3.8) is 0 Å². The van der Waals surface area contributed by atoms with E-state index in [0.29, 0.717) is 33.8 Å². The molecule has 0 unspecified atom stereocenters. The number of rotatable bonds is 34. The van der Waals surface area contributed by atoms with Gasteiger partial charge in [-0.25, -0.2) is 19.4 Å². The molecule has 5 aromatic heterocycles. The van der Waals surface area contributed by atoms with Gasteiger partial charge in [-0.2, -0.15) is 15.0 Å². The van der Waals surface area contributed by atoms with Crippen molar-refractivity contribution >= 4 is 75.2 Å². The smallest absolute Gasteiger partial charge is 0.351 e. The van der Waals surface area contributed by atoms with Crippen LogP contribution < -0.4 is 53.6 Å². The zero-order valence-electron chi connectivity index (χ0n) is 68.4. The topological polar surface area (TPSA) is 473 Å². The summed E-state index contributed by atoms with van der Waals surface area (Å²) in [4.78, 5) is 141. The van der Waals surface area contributed by atoms with E-state index in [1.54, 1.807) is 113 Å². The molecule has 15 atom stereocenters. The number of imidazole rings is 1. The van der Waals surface area contributed by atoms with Gasteiger partial charge in [-0.15, -0.1) is 0 Å². The van der Waals surface area contributed by atoms with Crippen molar-refractivity contribution < 1.29 is 97.9 Å². The molecule has 654 valence electrons. The summed E-state index contributed by atoms with van der Waals surface area (Å²) in [5.74, 6) is -1.92. The minimum Gasteiger partial charge on any atom is -0.497 e. The Kier molecular flexibility index (Phi) is 27.2. The van der Waals surface area contributed by atoms with Gasteiger partial charge < -0.3 is 75.7 Å². The molecule has 0 spiro atoms. The van der Waals surface area contributed by atoms with Crippen molar-refractivity contribution in [2.24, 2.45) is 5.92 Å². The number of methoxy groups -OCH3 is 2. The number of aryl methyl sites for hydroxylation is 1. The maximum atomic E-state index is 15.4. The fourth-order valence-electron chi connectivity index (χ4n) is 14.7. The first-order valence-corrected chi connectivity index (χ1v) is 45.3. The third-order valence-corrected chi connectivity index (χ3v) is 24.7. The molecule has 4 saturated heterocycles. The predicted octanol–water partition coefficient (Wildman–Crippen LogP) is 9.37. The molecule has 5 aromatic carbocycles. The average molecular weight is 1770 g/mol. The molecule has 3 amide bonds. The number of fused-ring (bicyclic) bond motifs is 1. The molecule has 10 aromatic rings. The van der Waals surface area contributed by atoms with Crippen LogP contribution in [0.4, 0.5) is 17.6 Å². The van der Waals surface area contributed by atoms with Crippen LogP contribution in [0.2, 0.25) is 0 Å². The fourth-order valence-corrected chi connectivity index (χ4v) is 18.3. The van der Waals surface area contributed by atoms with Gasteiger partial charge in [-0.1, -0.05) is 105 Å². The highest BCUT2D eigenvalue weighted by molar-refractivity contribution is 7.53. The predicted molar refractivity (Wildman–Crippen MR) is 444 cm³/mol. The zero-order chi connectivity index (χ0) is 87.9. The lowest BCUT2D eigenvalue weighted by Crippen LogP contribution is -2.38. The van der Waals surface area contributed by atoms with Gasteiger partial charge >= 0.3 is 45.8 Å². The van der Waals surface area contributed by atoms with E-state index < -0.39 is 180 Å². The number of hydrogen-bond donors (Lipinski definition) is 5. The van der Waals surface area contributed by atoms with E-state index in [1.165, 1.54) is 66.7 Å². The Bertz CT molecular complexity index is 5970. The van der Waals surface area contributed by atoms with Crippen molar-refractivity contribution in [1.29, 1.82) is 0 Å². The monoisotopic (exact) mass is 1770 g/mol. The number of nitrogens with one attached hydrogen (secondary N) is 5. The largest absolute Gasteiger partial charge is 0.497 e. The molecule has 124 heavy (non-hydrogen) atoms. The zero-order valence-corrected chi connectivity index (χ0v) is 71.1. The van der Waals surface area contributed by atoms with E-state index in [4.69, 9.17) is 65.0 Å². The van der Waals surface area contributed by atoms with Gasteiger partial charge in [0.15, 0.2) is 11.2 Å². The molecule has 14 rings (SSSR count). The molecule has 9 heterocycles. The number of H-pyrrole nitrogens is 2. The van der Waals surface area contributed by atoms with Crippen molar-refractivity contribution in [1.82, 2.24) is 48.2 Å². The number of anilines is 3. The van der Waals surface area contributed by atoms with Gasteiger partial charge in [0.1, 0.15) is 84.2 Å². The Labute approximate surface area is 706 Å². The van der Waals surface area contributed by atoms with Gasteiger partial charge in [-0.3, -0.25) is 76.0 Å². The number of carbonyl (C=O) groups is 4. The molecule has 0 aliphatic carbocycles. The summed E-state index contributed by atoms with van der Waals surface area (Å²) < 4.78 is 138. The van der Waals surface area contributed by atoms with Crippen molar-refractivity contribution in [3.8, 4) is 11.5 Å². The summed E-state index contributed by atoms with van der Waals surface area (Å²) in [5.41, 5.74) is -2.88. The molecule has 4 aliphatic heterocycles. The number of ether oxygens (including phenoxy) is 8. The Hall–Kier alpha value is -11.4. The molecule has 5 N–H and O–H groups in total. The van der Waals surface area contributed by atoms with E-state index in [9.17, 15) is 47.7 Å². The second-order valence-corrected chi connectivity index (χ2v) is 36.1. The second kappa shape index (κ2) is 38.0. The minimum atomic E-state index is -4.51. The quantitative estimate of drug-likeness (QED) is 0.0142. The number of hydrogen-bond acceptors (Lipinski definition) is 30. The summed E-state index contributed by atoms with van der Waals surface area (Å²) in [5, 5.41) is 7.81. The van der Waals surface area contributed by atoms with Crippen LogP contribution in [0.25, 0.3) is 11.2 Å². The van der Waals surface area contributed by atoms with Crippen LogP contribution in [0.15, 0.2) is 201 Å². The SMILES string of the molecule is COc1ccc(C(OC[C@H]2O[C@@H](n3ccc(NC(=O)c4ccccc4)nc3=O)C[C@@H]2O[P@@](C)(=O)OC[C@H]2O[C@@H](n3ccc(NC(=O)c4ccccc4)nc3=O)C[C@@H]2O[P@@](C)(=O)OC[C@H]2O[C@@H](n3cc(C)c(=O)[nH]c3=O)C[C@@H]2O[P@@](C)(=O)OC[C@H]2O[C@@H](n3cnc4c(=O)[nH]c(NC(=O)C(C)C)nc43)C[C@@H]2OC(C)=O)(c2ccccc2)c2ccc(OC)cc2)cc1. The molecule has 4 aliphatic rings. The summed E-state index contributed by atoms with van der Waals surface area (Å²) in [6.07, 6.45) is -10.6. The number of benzene rings is 5. The molecule has 39 nitrogen and oxygen atoms in total. The van der Waals surface area contributed by atoms with Crippen molar-refractivity contribution in [3.05, 3.63) is 262 Å².